The number of nitrogens with two attached hydrogens (primary N) is 1. The predicted molar refractivity (Wildman–Crippen MR) is 66.2 cm³/mol. The molecule has 0 aromatic heterocycles. The SMILES string of the molecule is CC1(C)CCCN1c1cccc(C#N)c1N. The van der Waals surface area contributed by atoms with E-state index in [0.717, 1.165) is 12.2 Å². The number of anilines is 2. The maximum Gasteiger partial charge on any atom is 0.101 e. The van der Waals surface area contributed by atoms with Gasteiger partial charge in [0.05, 0.1) is 16.9 Å². The summed E-state index contributed by atoms with van der Waals surface area (Å²) in [6, 6.07) is 7.81. The maximum absolute atomic E-state index is 8.97. The molecule has 0 spiro atoms. The van der Waals surface area contributed by atoms with E-state index < -0.39 is 0 Å². The van der Waals surface area contributed by atoms with E-state index in [2.05, 4.69) is 24.8 Å². The molecule has 2 N–H and O–H groups in total. The van der Waals surface area contributed by atoms with Crippen molar-refractivity contribution in [1.29, 1.82) is 5.26 Å². The highest BCUT2D eigenvalue weighted by molar-refractivity contribution is 5.75. The van der Waals surface area contributed by atoms with Gasteiger partial charge in [-0.2, -0.15) is 5.26 Å². The summed E-state index contributed by atoms with van der Waals surface area (Å²) in [6.07, 6.45) is 2.35. The Labute approximate surface area is 96.5 Å². The van der Waals surface area contributed by atoms with Gasteiger partial charge < -0.3 is 10.6 Å². The Morgan fingerprint density at radius 1 is 1.44 bits per heavy atom. The summed E-state index contributed by atoms with van der Waals surface area (Å²) in [6.45, 7) is 5.46. The van der Waals surface area contributed by atoms with E-state index in [1.165, 1.54) is 12.8 Å². The Morgan fingerprint density at radius 3 is 2.75 bits per heavy atom. The molecule has 1 heterocycles. The lowest BCUT2D eigenvalue weighted by molar-refractivity contribution is 0.518. The van der Waals surface area contributed by atoms with Crippen molar-refractivity contribution >= 4 is 11.4 Å². The Morgan fingerprint density at radius 2 is 2.19 bits per heavy atom. The number of benzene rings is 1. The fourth-order valence-electron chi connectivity index (χ4n) is 2.44. The van der Waals surface area contributed by atoms with Crippen LogP contribution in [0.25, 0.3) is 0 Å². The van der Waals surface area contributed by atoms with Gasteiger partial charge in [0.1, 0.15) is 6.07 Å². The van der Waals surface area contributed by atoms with E-state index in [4.69, 9.17) is 11.0 Å². The van der Waals surface area contributed by atoms with E-state index in [9.17, 15) is 0 Å². The van der Waals surface area contributed by atoms with Crippen LogP contribution in [-0.4, -0.2) is 12.1 Å². The van der Waals surface area contributed by atoms with Gasteiger partial charge in [0.2, 0.25) is 0 Å². The zero-order valence-electron chi connectivity index (χ0n) is 9.83. The minimum atomic E-state index is 0.141. The molecule has 1 aliphatic heterocycles. The summed E-state index contributed by atoms with van der Waals surface area (Å²) in [5.41, 5.74) is 8.35. The summed E-state index contributed by atoms with van der Waals surface area (Å²) >= 11 is 0. The molecule has 0 unspecified atom stereocenters. The molecule has 16 heavy (non-hydrogen) atoms. The molecule has 1 aliphatic rings. The van der Waals surface area contributed by atoms with Crippen LogP contribution in [0.2, 0.25) is 0 Å². The zero-order valence-corrected chi connectivity index (χ0v) is 9.83. The van der Waals surface area contributed by atoms with Gasteiger partial charge in [-0.3, -0.25) is 0 Å². The van der Waals surface area contributed by atoms with Gasteiger partial charge in [-0.15, -0.1) is 0 Å². The van der Waals surface area contributed by atoms with Gasteiger partial charge >= 0.3 is 0 Å². The van der Waals surface area contributed by atoms with Gasteiger partial charge in [-0.1, -0.05) is 6.07 Å². The van der Waals surface area contributed by atoms with Crippen LogP contribution >= 0.6 is 0 Å². The molecule has 3 heteroatoms. The summed E-state index contributed by atoms with van der Waals surface area (Å²) in [5.74, 6) is 0. The fraction of sp³-hybridized carbons (Fsp3) is 0.462. The van der Waals surface area contributed by atoms with E-state index in [1.54, 1.807) is 6.07 Å². The van der Waals surface area contributed by atoms with Gasteiger partial charge in [0, 0.05) is 12.1 Å². The minimum absolute atomic E-state index is 0.141. The number of hydrogen-bond acceptors (Lipinski definition) is 3. The first-order chi connectivity index (χ1) is 7.56. The van der Waals surface area contributed by atoms with Crippen LogP contribution in [0.5, 0.6) is 0 Å². The third-order valence-electron chi connectivity index (χ3n) is 3.40. The van der Waals surface area contributed by atoms with Crippen molar-refractivity contribution in [3.05, 3.63) is 23.8 Å². The van der Waals surface area contributed by atoms with Gasteiger partial charge in [-0.05, 0) is 38.8 Å². The number of nitrogen functional groups attached to an aromatic ring is 1. The predicted octanol–water partition coefficient (Wildman–Crippen LogP) is 2.52. The van der Waals surface area contributed by atoms with Crippen molar-refractivity contribution in [2.24, 2.45) is 0 Å². The highest BCUT2D eigenvalue weighted by atomic mass is 15.2. The lowest BCUT2D eigenvalue weighted by Crippen LogP contribution is -2.38. The van der Waals surface area contributed by atoms with Crippen molar-refractivity contribution in [1.82, 2.24) is 0 Å². The lowest BCUT2D eigenvalue weighted by atomic mass is 10.0. The molecule has 0 radical (unpaired) electrons. The summed E-state index contributed by atoms with van der Waals surface area (Å²) in [5, 5.41) is 8.97. The molecule has 0 amide bonds. The number of nitrogens with zero attached hydrogens (tertiary/aromatic N) is 2. The van der Waals surface area contributed by atoms with Crippen LogP contribution in [0.3, 0.4) is 0 Å². The first-order valence-electron chi connectivity index (χ1n) is 5.62. The van der Waals surface area contributed by atoms with Crippen LogP contribution in [-0.2, 0) is 0 Å². The second-order valence-corrected chi connectivity index (χ2v) is 4.92. The largest absolute Gasteiger partial charge is 0.396 e. The number of hydrogen-bond donors (Lipinski definition) is 1. The van der Waals surface area contributed by atoms with Crippen molar-refractivity contribution < 1.29 is 0 Å². The Hall–Kier alpha value is -1.69. The second-order valence-electron chi connectivity index (χ2n) is 4.92. The van der Waals surface area contributed by atoms with Crippen molar-refractivity contribution in [3.63, 3.8) is 0 Å². The Bertz CT molecular complexity index is 443. The summed E-state index contributed by atoms with van der Waals surface area (Å²) in [7, 11) is 0. The number of para-hydroxylation sites is 1. The summed E-state index contributed by atoms with van der Waals surface area (Å²) in [4.78, 5) is 2.31. The number of rotatable bonds is 1. The van der Waals surface area contributed by atoms with E-state index in [-0.39, 0.29) is 5.54 Å². The second kappa shape index (κ2) is 3.71. The minimum Gasteiger partial charge on any atom is -0.396 e. The third kappa shape index (κ3) is 1.61. The molecular formula is C13H17N3. The van der Waals surface area contributed by atoms with Crippen LogP contribution in [0.1, 0.15) is 32.3 Å². The molecule has 0 aliphatic carbocycles. The van der Waals surface area contributed by atoms with E-state index in [1.807, 2.05) is 12.1 Å². The Kier molecular flexibility index (Phi) is 2.51. The third-order valence-corrected chi connectivity index (χ3v) is 3.40. The van der Waals surface area contributed by atoms with Crippen molar-refractivity contribution in [3.8, 4) is 6.07 Å². The molecule has 1 fully saturated rings. The molecule has 0 bridgehead atoms. The van der Waals surface area contributed by atoms with Crippen LogP contribution in [0, 0.1) is 11.3 Å². The van der Waals surface area contributed by atoms with Crippen LogP contribution < -0.4 is 10.6 Å². The Balaban J connectivity index is 2.46. The average molecular weight is 215 g/mol. The molecule has 2 rings (SSSR count). The first-order valence-corrected chi connectivity index (χ1v) is 5.62. The van der Waals surface area contributed by atoms with Gasteiger partial charge in [0.25, 0.3) is 0 Å². The molecule has 1 saturated heterocycles. The van der Waals surface area contributed by atoms with Crippen LogP contribution in [0.4, 0.5) is 11.4 Å². The fourth-order valence-corrected chi connectivity index (χ4v) is 2.44. The highest BCUT2D eigenvalue weighted by Gasteiger charge is 2.33. The van der Waals surface area contributed by atoms with Gasteiger partial charge in [0.15, 0.2) is 0 Å². The van der Waals surface area contributed by atoms with Crippen molar-refractivity contribution in [2.75, 3.05) is 17.2 Å². The molecule has 1 aromatic rings. The first kappa shape index (κ1) is 10.8. The maximum atomic E-state index is 8.97. The normalized spacial score (nSPS) is 18.4. The molecule has 1 aromatic carbocycles. The van der Waals surface area contributed by atoms with E-state index >= 15 is 0 Å². The summed E-state index contributed by atoms with van der Waals surface area (Å²) < 4.78 is 0. The van der Waals surface area contributed by atoms with Crippen LogP contribution in [0.15, 0.2) is 18.2 Å². The van der Waals surface area contributed by atoms with E-state index in [0.29, 0.717) is 11.3 Å². The molecular weight excluding hydrogens is 198 g/mol. The molecule has 0 saturated carbocycles. The molecule has 84 valence electrons. The molecule has 3 nitrogen and oxygen atoms in total. The number of nitriles is 1. The van der Waals surface area contributed by atoms with Gasteiger partial charge in [-0.25, -0.2) is 0 Å². The monoisotopic (exact) mass is 215 g/mol. The smallest absolute Gasteiger partial charge is 0.101 e. The standard InChI is InChI=1S/C13H17N3/c1-13(2)7-4-8-16(13)11-6-3-5-10(9-14)12(11)15/h3,5-6H,4,7-8,15H2,1-2H3. The average Bonchev–Trinajstić information content (AvgIpc) is 2.59. The van der Waals surface area contributed by atoms with Crippen molar-refractivity contribution in [2.45, 2.75) is 32.2 Å². The highest BCUT2D eigenvalue weighted by Crippen LogP contribution is 2.37. The zero-order chi connectivity index (χ0) is 11.8. The lowest BCUT2D eigenvalue weighted by Gasteiger charge is -2.34. The molecule has 0 atom stereocenters. The topological polar surface area (TPSA) is 53.0 Å². The quantitative estimate of drug-likeness (QED) is 0.732.